The van der Waals surface area contributed by atoms with Gasteiger partial charge in [-0.25, -0.2) is 23.7 Å². The standard InChI is InChI=1S/C36H36F2N8O2/c1-44-17-13-29(14-18-44)45(2)28-9-7-27(8-10-28)42-36-41-22-26-20-24(6-12-32(26)43-36)4-3-15-40-34(47)33-35(48)46(19-16-39-33)23-25-5-11-30(37)31(38)21-25/h3-12,16,19-22,29H,13-15,17-18,23H2,1-2H3,(H,40,47)(H,41,42,43)/b4-3+. The molecule has 48 heavy (non-hydrogen) atoms. The SMILES string of the molecule is CN1CCC(N(C)c2ccc(Nc3ncc4cc(/C=C/CNC(=O)c5nccn(Cc6ccc(F)c(F)c6)c5=O)ccc4n3)cc2)CC1. The molecule has 3 aromatic carbocycles. The highest BCUT2D eigenvalue weighted by molar-refractivity contribution is 5.92. The summed E-state index contributed by atoms with van der Waals surface area (Å²) < 4.78 is 28.0. The Kier molecular flexibility index (Phi) is 9.81. The van der Waals surface area contributed by atoms with Crippen molar-refractivity contribution in [3.63, 3.8) is 0 Å². The third-order valence-corrected chi connectivity index (χ3v) is 8.53. The highest BCUT2D eigenvalue weighted by Crippen LogP contribution is 2.25. The van der Waals surface area contributed by atoms with Crippen molar-refractivity contribution < 1.29 is 13.6 Å². The number of rotatable bonds is 10. The van der Waals surface area contributed by atoms with Crippen molar-refractivity contribution in [1.82, 2.24) is 29.7 Å². The van der Waals surface area contributed by atoms with Gasteiger partial charge in [-0.3, -0.25) is 9.59 Å². The van der Waals surface area contributed by atoms with E-state index in [9.17, 15) is 18.4 Å². The minimum Gasteiger partial charge on any atom is -0.372 e. The molecule has 1 aliphatic rings. The van der Waals surface area contributed by atoms with Gasteiger partial charge in [0.15, 0.2) is 17.3 Å². The molecule has 0 aliphatic carbocycles. The van der Waals surface area contributed by atoms with Gasteiger partial charge in [0.2, 0.25) is 5.95 Å². The number of hydrogen-bond donors (Lipinski definition) is 2. The highest BCUT2D eigenvalue weighted by Gasteiger charge is 2.21. The molecule has 0 radical (unpaired) electrons. The third-order valence-electron chi connectivity index (χ3n) is 8.53. The maximum absolute atomic E-state index is 13.6. The Balaban J connectivity index is 1.03. The molecular weight excluding hydrogens is 614 g/mol. The lowest BCUT2D eigenvalue weighted by Crippen LogP contribution is -2.41. The van der Waals surface area contributed by atoms with Crippen LogP contribution in [-0.2, 0) is 6.54 Å². The first-order chi connectivity index (χ1) is 23.2. The number of carbonyl (C=O) groups is 1. The number of likely N-dealkylation sites (tertiary alicyclic amines) is 1. The molecular formula is C36H36F2N8O2. The number of benzene rings is 3. The Morgan fingerprint density at radius 1 is 1.02 bits per heavy atom. The van der Waals surface area contributed by atoms with Gasteiger partial charge in [-0.15, -0.1) is 0 Å². The second-order valence-corrected chi connectivity index (χ2v) is 11.9. The number of halogens is 2. The average Bonchev–Trinajstić information content (AvgIpc) is 3.09. The Morgan fingerprint density at radius 3 is 2.58 bits per heavy atom. The number of anilines is 3. The van der Waals surface area contributed by atoms with Gasteiger partial charge in [0.25, 0.3) is 11.5 Å². The molecule has 246 valence electrons. The van der Waals surface area contributed by atoms with Gasteiger partial charge in [0.05, 0.1) is 12.1 Å². The molecule has 2 N–H and O–H groups in total. The van der Waals surface area contributed by atoms with Crippen molar-refractivity contribution in [2.75, 3.05) is 43.9 Å². The second kappa shape index (κ2) is 14.5. The van der Waals surface area contributed by atoms with Gasteiger partial charge in [0.1, 0.15) is 0 Å². The van der Waals surface area contributed by atoms with Crippen LogP contribution in [0.15, 0.2) is 90.1 Å². The molecule has 3 heterocycles. The second-order valence-electron chi connectivity index (χ2n) is 11.9. The summed E-state index contributed by atoms with van der Waals surface area (Å²) in [6.07, 6.45) is 10.4. The lowest BCUT2D eigenvalue weighted by molar-refractivity contribution is 0.0950. The lowest BCUT2D eigenvalue weighted by atomic mass is 10.0. The minimum atomic E-state index is -1.01. The number of amides is 1. The van der Waals surface area contributed by atoms with Gasteiger partial charge in [0, 0.05) is 55.0 Å². The summed E-state index contributed by atoms with van der Waals surface area (Å²) in [5.74, 6) is -2.13. The zero-order valence-electron chi connectivity index (χ0n) is 26.7. The van der Waals surface area contributed by atoms with E-state index in [1.54, 1.807) is 12.3 Å². The highest BCUT2D eigenvalue weighted by atomic mass is 19.2. The fourth-order valence-electron chi connectivity index (χ4n) is 5.71. The molecule has 5 aromatic rings. The zero-order valence-corrected chi connectivity index (χ0v) is 26.7. The van der Waals surface area contributed by atoms with Gasteiger partial charge < -0.3 is 25.0 Å². The molecule has 12 heteroatoms. The zero-order chi connectivity index (χ0) is 33.6. The largest absolute Gasteiger partial charge is 0.372 e. The summed E-state index contributed by atoms with van der Waals surface area (Å²) in [6, 6.07) is 18.0. The Labute approximate surface area is 276 Å². The van der Waals surface area contributed by atoms with Crippen LogP contribution in [0.3, 0.4) is 0 Å². The molecule has 0 saturated carbocycles. The Bertz CT molecular complexity index is 2010. The Morgan fingerprint density at radius 2 is 1.81 bits per heavy atom. The monoisotopic (exact) mass is 650 g/mol. The molecule has 6 rings (SSSR count). The van der Waals surface area contributed by atoms with Gasteiger partial charge in [-0.1, -0.05) is 24.3 Å². The van der Waals surface area contributed by atoms with Crippen LogP contribution in [0, 0.1) is 11.6 Å². The first kappa shape index (κ1) is 32.5. The minimum absolute atomic E-state index is 0.0360. The molecule has 0 bridgehead atoms. The quantitative estimate of drug-likeness (QED) is 0.212. The summed E-state index contributed by atoms with van der Waals surface area (Å²) in [5, 5.41) is 6.82. The molecule has 1 aliphatic heterocycles. The molecule has 0 unspecified atom stereocenters. The molecule has 10 nitrogen and oxygen atoms in total. The van der Waals surface area contributed by atoms with Crippen LogP contribution in [0.4, 0.5) is 26.1 Å². The van der Waals surface area contributed by atoms with Gasteiger partial charge >= 0.3 is 0 Å². The predicted molar refractivity (Wildman–Crippen MR) is 184 cm³/mol. The van der Waals surface area contributed by atoms with E-state index in [0.717, 1.165) is 60.2 Å². The average molecular weight is 651 g/mol. The summed E-state index contributed by atoms with van der Waals surface area (Å²) in [5.41, 5.74) is 3.21. The van der Waals surface area contributed by atoms with Crippen molar-refractivity contribution in [1.29, 1.82) is 0 Å². The van der Waals surface area contributed by atoms with E-state index in [0.29, 0.717) is 17.6 Å². The van der Waals surface area contributed by atoms with E-state index in [2.05, 4.69) is 61.6 Å². The number of nitrogens with zero attached hydrogens (tertiary/aromatic N) is 6. The van der Waals surface area contributed by atoms with Crippen LogP contribution in [-0.4, -0.2) is 70.1 Å². The van der Waals surface area contributed by atoms with Crippen LogP contribution in [0.25, 0.3) is 17.0 Å². The predicted octanol–water partition coefficient (Wildman–Crippen LogP) is 5.23. The fraction of sp³-hybridized carbons (Fsp3) is 0.250. The molecule has 1 saturated heterocycles. The number of aromatic nitrogens is 4. The first-order valence-electron chi connectivity index (χ1n) is 15.7. The molecule has 2 aromatic heterocycles. The summed E-state index contributed by atoms with van der Waals surface area (Å²) in [4.78, 5) is 43.3. The lowest BCUT2D eigenvalue weighted by Gasteiger charge is -2.36. The number of carbonyl (C=O) groups excluding carboxylic acids is 1. The number of hydrogen-bond acceptors (Lipinski definition) is 8. The van der Waals surface area contributed by atoms with Crippen LogP contribution in [0.5, 0.6) is 0 Å². The molecule has 1 amide bonds. The van der Waals surface area contributed by atoms with Crippen LogP contribution in [0.2, 0.25) is 0 Å². The normalized spacial score (nSPS) is 14.0. The first-order valence-corrected chi connectivity index (χ1v) is 15.7. The van der Waals surface area contributed by atoms with E-state index in [1.807, 2.05) is 36.4 Å². The maximum atomic E-state index is 13.6. The summed E-state index contributed by atoms with van der Waals surface area (Å²) in [7, 11) is 4.34. The van der Waals surface area contributed by atoms with Crippen LogP contribution in [0.1, 0.15) is 34.5 Å². The van der Waals surface area contributed by atoms with Crippen LogP contribution >= 0.6 is 0 Å². The molecule has 0 atom stereocenters. The van der Waals surface area contributed by atoms with E-state index >= 15 is 0 Å². The maximum Gasteiger partial charge on any atom is 0.282 e. The third kappa shape index (κ3) is 7.72. The van der Waals surface area contributed by atoms with E-state index in [-0.39, 0.29) is 18.8 Å². The molecule has 0 spiro atoms. The molecule has 1 fully saturated rings. The van der Waals surface area contributed by atoms with Crippen molar-refractivity contribution in [3.05, 3.63) is 124 Å². The number of fused-ring (bicyclic) bond motifs is 1. The fourth-order valence-corrected chi connectivity index (χ4v) is 5.71. The van der Waals surface area contributed by atoms with Crippen molar-refractivity contribution in [2.24, 2.45) is 0 Å². The number of piperidine rings is 1. The van der Waals surface area contributed by atoms with E-state index in [1.165, 1.54) is 28.7 Å². The van der Waals surface area contributed by atoms with Gasteiger partial charge in [-0.2, -0.15) is 0 Å². The van der Waals surface area contributed by atoms with E-state index in [4.69, 9.17) is 0 Å². The van der Waals surface area contributed by atoms with Crippen molar-refractivity contribution >= 4 is 40.2 Å². The van der Waals surface area contributed by atoms with E-state index < -0.39 is 23.1 Å². The topological polar surface area (TPSA) is 108 Å². The number of nitrogens with one attached hydrogen (secondary N) is 2. The smallest absolute Gasteiger partial charge is 0.282 e. The van der Waals surface area contributed by atoms with Crippen molar-refractivity contribution in [2.45, 2.75) is 25.4 Å². The Hall–Kier alpha value is -5.49. The summed E-state index contributed by atoms with van der Waals surface area (Å²) in [6.45, 7) is 2.36. The van der Waals surface area contributed by atoms with Gasteiger partial charge in [-0.05, 0) is 92.6 Å². The van der Waals surface area contributed by atoms with Crippen LogP contribution < -0.4 is 21.1 Å². The van der Waals surface area contributed by atoms with Crippen molar-refractivity contribution in [3.8, 4) is 0 Å². The summed E-state index contributed by atoms with van der Waals surface area (Å²) >= 11 is 0.